The number of halogens is 2. The van der Waals surface area contributed by atoms with Crippen LogP contribution in [0.5, 0.6) is 0 Å². The minimum absolute atomic E-state index is 0. The lowest BCUT2D eigenvalue weighted by molar-refractivity contribution is 0.0747. The monoisotopic (exact) mass is 355 g/mol. The number of carbonyl (C=O) groups excluding carboxylic acids is 1. The summed E-state index contributed by atoms with van der Waals surface area (Å²) in [4.78, 5) is 16.4. The van der Waals surface area contributed by atoms with Crippen molar-refractivity contribution in [3.8, 4) is 0 Å². The van der Waals surface area contributed by atoms with E-state index < -0.39 is 0 Å². The first-order valence-electron chi connectivity index (χ1n) is 6.92. The number of amides is 1. The van der Waals surface area contributed by atoms with E-state index in [1.165, 1.54) is 0 Å². The van der Waals surface area contributed by atoms with Gasteiger partial charge in [-0.3, -0.25) is 4.79 Å². The van der Waals surface area contributed by atoms with E-state index >= 15 is 0 Å². The van der Waals surface area contributed by atoms with Gasteiger partial charge in [0.15, 0.2) is 5.82 Å². The van der Waals surface area contributed by atoms with E-state index in [-0.39, 0.29) is 30.7 Å². The van der Waals surface area contributed by atoms with Gasteiger partial charge >= 0.3 is 0 Å². The fourth-order valence-corrected chi connectivity index (χ4v) is 2.46. The van der Waals surface area contributed by atoms with Crippen LogP contribution in [0.25, 0.3) is 0 Å². The van der Waals surface area contributed by atoms with Crippen molar-refractivity contribution in [3.63, 3.8) is 0 Å². The van der Waals surface area contributed by atoms with Gasteiger partial charge in [-0.25, -0.2) is 0 Å². The van der Waals surface area contributed by atoms with Crippen LogP contribution in [0.2, 0.25) is 0 Å². The number of nitrogens with two attached hydrogens (primary N) is 1. The van der Waals surface area contributed by atoms with Crippen LogP contribution in [0.1, 0.15) is 10.4 Å². The summed E-state index contributed by atoms with van der Waals surface area (Å²) in [5.74, 6) is 0.843. The van der Waals surface area contributed by atoms with E-state index in [9.17, 15) is 4.79 Å². The number of nitrogen functional groups attached to an aromatic ring is 1. The van der Waals surface area contributed by atoms with Crippen molar-refractivity contribution in [1.82, 2.24) is 15.1 Å². The molecule has 0 unspecified atom stereocenters. The first-order valence-corrected chi connectivity index (χ1v) is 6.92. The Balaban J connectivity index is 0.00000132. The molecule has 0 saturated carbocycles. The van der Waals surface area contributed by atoms with Gasteiger partial charge in [0.2, 0.25) is 0 Å². The van der Waals surface area contributed by atoms with Gasteiger partial charge in [0, 0.05) is 38.1 Å². The lowest BCUT2D eigenvalue weighted by Gasteiger charge is -2.35. The molecule has 2 N–H and O–H groups in total. The third kappa shape index (κ3) is 4.24. The first kappa shape index (κ1) is 19.0. The third-order valence-electron chi connectivity index (χ3n) is 3.64. The molecule has 0 radical (unpaired) electrons. The number of nitrogens with zero attached hydrogens (tertiary/aromatic N) is 4. The molecular formula is C15H19Cl2N5O. The van der Waals surface area contributed by atoms with Crippen LogP contribution < -0.4 is 10.6 Å². The lowest BCUT2D eigenvalue weighted by Crippen LogP contribution is -2.49. The highest BCUT2D eigenvalue weighted by atomic mass is 35.5. The van der Waals surface area contributed by atoms with Crippen LogP contribution in [-0.4, -0.2) is 47.2 Å². The van der Waals surface area contributed by atoms with Crippen molar-refractivity contribution in [2.45, 2.75) is 0 Å². The molecule has 0 bridgehead atoms. The topological polar surface area (TPSA) is 75.4 Å². The molecule has 8 heteroatoms. The summed E-state index contributed by atoms with van der Waals surface area (Å²) in [6.45, 7) is 2.81. The Kier molecular flexibility index (Phi) is 7.06. The molecule has 1 aliphatic heterocycles. The SMILES string of the molecule is Cl.Cl.Nc1ccccc1C(=O)N1CCN(c2cccnn2)CC1. The molecule has 3 rings (SSSR count). The summed E-state index contributed by atoms with van der Waals surface area (Å²) in [5, 5.41) is 7.98. The second kappa shape index (κ2) is 8.55. The Morgan fingerprint density at radius 1 is 1.00 bits per heavy atom. The third-order valence-corrected chi connectivity index (χ3v) is 3.64. The number of piperazine rings is 1. The van der Waals surface area contributed by atoms with E-state index in [0.29, 0.717) is 24.3 Å². The minimum atomic E-state index is -0.00750. The van der Waals surface area contributed by atoms with Crippen LogP contribution in [0, 0.1) is 0 Å². The van der Waals surface area contributed by atoms with Crippen molar-refractivity contribution in [2.75, 3.05) is 36.8 Å². The van der Waals surface area contributed by atoms with E-state index in [1.807, 2.05) is 29.2 Å². The molecule has 0 atom stereocenters. The van der Waals surface area contributed by atoms with Crippen molar-refractivity contribution < 1.29 is 4.79 Å². The minimum Gasteiger partial charge on any atom is -0.398 e. The molecule has 2 heterocycles. The summed E-state index contributed by atoms with van der Waals surface area (Å²) in [5.41, 5.74) is 6.97. The molecule has 0 aliphatic carbocycles. The normalized spacial score (nSPS) is 13.7. The zero-order valence-corrected chi connectivity index (χ0v) is 14.1. The predicted octanol–water partition coefficient (Wildman–Crippen LogP) is 1.86. The van der Waals surface area contributed by atoms with Crippen LogP contribution in [0.4, 0.5) is 11.5 Å². The van der Waals surface area contributed by atoms with Gasteiger partial charge in [0.25, 0.3) is 5.91 Å². The molecular weight excluding hydrogens is 337 g/mol. The lowest BCUT2D eigenvalue weighted by atomic mass is 10.1. The number of aromatic nitrogens is 2. The Labute approximate surface area is 147 Å². The summed E-state index contributed by atoms with van der Waals surface area (Å²) in [6.07, 6.45) is 1.65. The molecule has 2 aromatic rings. The molecule has 6 nitrogen and oxygen atoms in total. The maximum Gasteiger partial charge on any atom is 0.256 e. The van der Waals surface area contributed by atoms with Crippen LogP contribution in [-0.2, 0) is 0 Å². The van der Waals surface area contributed by atoms with Gasteiger partial charge in [-0.2, -0.15) is 5.10 Å². The first-order chi connectivity index (χ1) is 10.3. The van der Waals surface area contributed by atoms with Crippen molar-refractivity contribution in [1.29, 1.82) is 0 Å². The Hall–Kier alpha value is -2.05. The second-order valence-corrected chi connectivity index (χ2v) is 4.95. The zero-order valence-electron chi connectivity index (χ0n) is 12.5. The Morgan fingerprint density at radius 2 is 1.70 bits per heavy atom. The van der Waals surface area contributed by atoms with E-state index in [4.69, 9.17) is 5.73 Å². The van der Waals surface area contributed by atoms with Crippen molar-refractivity contribution in [2.24, 2.45) is 0 Å². The van der Waals surface area contributed by atoms with E-state index in [2.05, 4.69) is 15.1 Å². The summed E-state index contributed by atoms with van der Waals surface area (Å²) >= 11 is 0. The Bertz CT molecular complexity index is 633. The maximum atomic E-state index is 12.5. The summed E-state index contributed by atoms with van der Waals surface area (Å²) in [6, 6.07) is 11.0. The standard InChI is InChI=1S/C15H17N5O.2ClH/c16-13-5-2-1-4-12(13)15(21)20-10-8-19(9-11-20)14-6-3-7-17-18-14;;/h1-7H,8-11,16H2;2*1H. The maximum absolute atomic E-state index is 12.5. The molecule has 124 valence electrons. The van der Waals surface area contributed by atoms with Gasteiger partial charge < -0.3 is 15.5 Å². The molecule has 1 amide bonds. The van der Waals surface area contributed by atoms with Gasteiger partial charge in [0.05, 0.1) is 5.56 Å². The van der Waals surface area contributed by atoms with Gasteiger partial charge in [-0.15, -0.1) is 29.9 Å². The number of anilines is 2. The predicted molar refractivity (Wildman–Crippen MR) is 95.5 cm³/mol. The van der Waals surface area contributed by atoms with Gasteiger partial charge in [-0.05, 0) is 24.3 Å². The van der Waals surface area contributed by atoms with Crippen LogP contribution in [0.3, 0.4) is 0 Å². The molecule has 1 fully saturated rings. The van der Waals surface area contributed by atoms with Gasteiger partial charge in [-0.1, -0.05) is 12.1 Å². The highest BCUT2D eigenvalue weighted by Crippen LogP contribution is 2.17. The van der Waals surface area contributed by atoms with E-state index in [0.717, 1.165) is 18.9 Å². The van der Waals surface area contributed by atoms with Crippen LogP contribution in [0.15, 0.2) is 42.6 Å². The summed E-state index contributed by atoms with van der Waals surface area (Å²) in [7, 11) is 0. The highest BCUT2D eigenvalue weighted by molar-refractivity contribution is 5.99. The highest BCUT2D eigenvalue weighted by Gasteiger charge is 2.23. The number of hydrogen-bond donors (Lipinski definition) is 1. The molecule has 0 spiro atoms. The quantitative estimate of drug-likeness (QED) is 0.832. The number of para-hydroxylation sites is 1. The largest absolute Gasteiger partial charge is 0.398 e. The van der Waals surface area contributed by atoms with Crippen molar-refractivity contribution >= 4 is 42.2 Å². The number of benzene rings is 1. The molecule has 1 aliphatic rings. The van der Waals surface area contributed by atoms with Crippen LogP contribution >= 0.6 is 24.8 Å². The number of hydrogen-bond acceptors (Lipinski definition) is 5. The fraction of sp³-hybridized carbons (Fsp3) is 0.267. The summed E-state index contributed by atoms with van der Waals surface area (Å²) < 4.78 is 0. The molecule has 1 aromatic heterocycles. The fourth-order valence-electron chi connectivity index (χ4n) is 2.46. The molecule has 1 aromatic carbocycles. The second-order valence-electron chi connectivity index (χ2n) is 4.95. The number of carbonyl (C=O) groups is 1. The van der Waals surface area contributed by atoms with E-state index in [1.54, 1.807) is 18.3 Å². The number of rotatable bonds is 2. The Morgan fingerprint density at radius 3 is 2.30 bits per heavy atom. The molecule has 23 heavy (non-hydrogen) atoms. The molecule has 1 saturated heterocycles. The average molecular weight is 356 g/mol. The average Bonchev–Trinajstić information content (AvgIpc) is 2.56. The van der Waals surface area contributed by atoms with Gasteiger partial charge in [0.1, 0.15) is 0 Å². The smallest absolute Gasteiger partial charge is 0.256 e. The zero-order chi connectivity index (χ0) is 14.7. The van der Waals surface area contributed by atoms with Crippen molar-refractivity contribution in [3.05, 3.63) is 48.2 Å².